The Kier molecular flexibility index (Phi) is 6.27. The summed E-state index contributed by atoms with van der Waals surface area (Å²) in [7, 11) is -3.48. The first-order valence-corrected chi connectivity index (χ1v) is 13.3. The molecule has 1 amide bonds. The Morgan fingerprint density at radius 2 is 1.91 bits per heavy atom. The second-order valence-corrected chi connectivity index (χ2v) is 11.3. The molecule has 32 heavy (non-hydrogen) atoms. The molecule has 0 spiro atoms. The zero-order chi connectivity index (χ0) is 22.9. The van der Waals surface area contributed by atoms with Gasteiger partial charge in [-0.05, 0) is 47.5 Å². The van der Waals surface area contributed by atoms with Gasteiger partial charge in [0.2, 0.25) is 0 Å². The summed E-state index contributed by atoms with van der Waals surface area (Å²) in [4.78, 5) is 27.6. The third-order valence-corrected chi connectivity index (χ3v) is 8.03. The maximum atomic E-state index is 13.0. The maximum absolute atomic E-state index is 13.0. The van der Waals surface area contributed by atoms with Crippen LogP contribution >= 0.6 is 22.7 Å². The minimum absolute atomic E-state index is 0.0175. The molecule has 0 saturated heterocycles. The minimum Gasteiger partial charge on any atom is -0.452 e. The van der Waals surface area contributed by atoms with Gasteiger partial charge in [-0.3, -0.25) is 4.79 Å². The molecular weight excluding hydrogens is 468 g/mol. The van der Waals surface area contributed by atoms with Crippen molar-refractivity contribution in [1.82, 2.24) is 5.01 Å². The summed E-state index contributed by atoms with van der Waals surface area (Å²) < 4.78 is 28.9. The third-order valence-electron chi connectivity index (χ3n) is 5.03. The molecule has 3 aromatic rings. The quantitative estimate of drug-likeness (QED) is 0.488. The first-order chi connectivity index (χ1) is 15.2. The fraction of sp³-hybridized carbons (Fsp3) is 0.227. The van der Waals surface area contributed by atoms with Crippen molar-refractivity contribution in [2.24, 2.45) is 5.10 Å². The van der Waals surface area contributed by atoms with Crippen LogP contribution in [0.1, 0.15) is 38.1 Å². The van der Waals surface area contributed by atoms with Crippen molar-refractivity contribution in [2.45, 2.75) is 24.3 Å². The summed E-state index contributed by atoms with van der Waals surface area (Å²) in [6, 6.07) is 11.8. The number of sulfone groups is 1. The second-order valence-electron chi connectivity index (χ2n) is 7.32. The molecule has 0 saturated carbocycles. The number of rotatable bonds is 6. The number of benzene rings is 1. The zero-order valence-corrected chi connectivity index (χ0v) is 19.8. The normalized spacial score (nSPS) is 16.1. The molecule has 7 nitrogen and oxygen atoms in total. The van der Waals surface area contributed by atoms with Crippen molar-refractivity contribution in [2.75, 3.05) is 12.9 Å². The topological polar surface area (TPSA) is 93.1 Å². The van der Waals surface area contributed by atoms with Gasteiger partial charge in [-0.2, -0.15) is 5.10 Å². The average Bonchev–Trinajstić information content (AvgIpc) is 3.51. The highest BCUT2D eigenvalue weighted by Crippen LogP contribution is 2.36. The Hall–Kier alpha value is -2.82. The predicted molar refractivity (Wildman–Crippen MR) is 124 cm³/mol. The van der Waals surface area contributed by atoms with Crippen molar-refractivity contribution in [3.8, 4) is 0 Å². The van der Waals surface area contributed by atoms with Crippen LogP contribution in [0.25, 0.3) is 0 Å². The van der Waals surface area contributed by atoms with Gasteiger partial charge in [0, 0.05) is 17.6 Å². The van der Waals surface area contributed by atoms with Crippen LogP contribution in [0.2, 0.25) is 0 Å². The van der Waals surface area contributed by atoms with E-state index in [1.807, 2.05) is 35.0 Å². The zero-order valence-electron chi connectivity index (χ0n) is 17.3. The van der Waals surface area contributed by atoms with Crippen molar-refractivity contribution in [1.29, 1.82) is 0 Å². The Morgan fingerprint density at radius 3 is 2.56 bits per heavy atom. The molecule has 1 atom stereocenters. The second kappa shape index (κ2) is 8.97. The van der Waals surface area contributed by atoms with E-state index in [9.17, 15) is 18.0 Å². The number of hydrogen-bond donors (Lipinski definition) is 0. The molecular formula is C22H20N2O5S3. The van der Waals surface area contributed by atoms with Crippen LogP contribution in [0.15, 0.2) is 63.2 Å². The van der Waals surface area contributed by atoms with Crippen LogP contribution in [-0.4, -0.2) is 43.9 Å². The molecule has 2 aromatic heterocycles. The van der Waals surface area contributed by atoms with E-state index in [1.54, 1.807) is 24.3 Å². The number of esters is 1. The molecule has 0 bridgehead atoms. The molecule has 3 heterocycles. The molecule has 0 fully saturated rings. The largest absolute Gasteiger partial charge is 0.452 e. The lowest BCUT2D eigenvalue weighted by Crippen LogP contribution is -2.31. The van der Waals surface area contributed by atoms with Gasteiger partial charge >= 0.3 is 5.97 Å². The van der Waals surface area contributed by atoms with Gasteiger partial charge in [0.1, 0.15) is 0 Å². The SMILES string of the molecule is Cc1ccc(S(C)(=O)=O)cc1C(=O)OCC(=O)N1N=C(c2cccs2)CC1c1cccs1. The molecule has 1 aliphatic heterocycles. The Morgan fingerprint density at radius 1 is 1.16 bits per heavy atom. The maximum Gasteiger partial charge on any atom is 0.338 e. The first kappa shape index (κ1) is 22.4. The van der Waals surface area contributed by atoms with Gasteiger partial charge in [-0.15, -0.1) is 22.7 Å². The summed E-state index contributed by atoms with van der Waals surface area (Å²) in [6.45, 7) is 1.18. The Balaban J connectivity index is 1.52. The number of hydrogen-bond acceptors (Lipinski definition) is 8. The van der Waals surface area contributed by atoms with Crippen molar-refractivity contribution in [3.63, 3.8) is 0 Å². The van der Waals surface area contributed by atoms with E-state index in [4.69, 9.17) is 4.74 Å². The van der Waals surface area contributed by atoms with E-state index >= 15 is 0 Å². The van der Waals surface area contributed by atoms with Gasteiger partial charge in [-0.1, -0.05) is 18.2 Å². The van der Waals surface area contributed by atoms with Crippen molar-refractivity contribution < 1.29 is 22.7 Å². The van der Waals surface area contributed by atoms with Crippen molar-refractivity contribution >= 4 is 50.1 Å². The lowest BCUT2D eigenvalue weighted by atomic mass is 10.1. The molecule has 0 aliphatic carbocycles. The summed E-state index contributed by atoms with van der Waals surface area (Å²) in [5, 5.41) is 9.81. The molecule has 166 valence electrons. The van der Waals surface area contributed by atoms with Gasteiger partial charge in [0.05, 0.1) is 27.1 Å². The number of thiophene rings is 2. The fourth-order valence-electron chi connectivity index (χ4n) is 3.36. The van der Waals surface area contributed by atoms with Crippen LogP contribution in [0, 0.1) is 6.92 Å². The monoisotopic (exact) mass is 488 g/mol. The molecule has 1 aromatic carbocycles. The highest BCUT2D eigenvalue weighted by atomic mass is 32.2. The summed E-state index contributed by atoms with van der Waals surface area (Å²) in [5.41, 5.74) is 1.49. The van der Waals surface area contributed by atoms with Gasteiger partial charge in [0.25, 0.3) is 5.91 Å². The standard InChI is InChI=1S/C22H20N2O5S3/c1-14-7-8-15(32(2,27)28)11-16(14)22(26)29-13-21(25)24-18(20-6-4-10-31-20)12-17(23-24)19-5-3-9-30-19/h3-11,18H,12-13H2,1-2H3. The lowest BCUT2D eigenvalue weighted by Gasteiger charge is -2.20. The summed E-state index contributed by atoms with van der Waals surface area (Å²) in [6.07, 6.45) is 1.65. The van der Waals surface area contributed by atoms with Crippen LogP contribution in [-0.2, 0) is 19.4 Å². The lowest BCUT2D eigenvalue weighted by molar-refractivity contribution is -0.136. The molecule has 1 unspecified atom stereocenters. The van der Waals surface area contributed by atoms with Gasteiger partial charge < -0.3 is 4.74 Å². The number of aryl methyl sites for hydroxylation is 1. The average molecular weight is 489 g/mol. The van der Waals surface area contributed by atoms with Crippen LogP contribution in [0.4, 0.5) is 0 Å². The molecule has 0 radical (unpaired) electrons. The van der Waals surface area contributed by atoms with Crippen LogP contribution in [0.3, 0.4) is 0 Å². The van der Waals surface area contributed by atoms with E-state index < -0.39 is 28.3 Å². The third kappa shape index (κ3) is 4.67. The van der Waals surface area contributed by atoms with E-state index in [2.05, 4.69) is 5.10 Å². The van der Waals surface area contributed by atoms with E-state index in [0.717, 1.165) is 21.7 Å². The summed E-state index contributed by atoms with van der Waals surface area (Å²) >= 11 is 3.09. The van der Waals surface area contributed by atoms with Crippen LogP contribution < -0.4 is 0 Å². The first-order valence-electron chi connectivity index (χ1n) is 9.68. The fourth-order valence-corrected chi connectivity index (χ4v) is 5.54. The highest BCUT2D eigenvalue weighted by Gasteiger charge is 2.34. The minimum atomic E-state index is -3.48. The number of ether oxygens (including phenoxy) is 1. The number of carbonyl (C=O) groups excluding carboxylic acids is 2. The summed E-state index contributed by atoms with van der Waals surface area (Å²) in [5.74, 6) is -1.20. The van der Waals surface area contributed by atoms with Gasteiger partial charge in [-0.25, -0.2) is 18.2 Å². The molecule has 10 heteroatoms. The molecule has 4 rings (SSSR count). The number of carbonyl (C=O) groups is 2. The van der Waals surface area contributed by atoms with Crippen molar-refractivity contribution in [3.05, 3.63) is 74.1 Å². The number of hydrazone groups is 1. The van der Waals surface area contributed by atoms with Crippen LogP contribution in [0.5, 0.6) is 0 Å². The molecule has 1 aliphatic rings. The number of amides is 1. The Labute approximate surface area is 193 Å². The highest BCUT2D eigenvalue weighted by molar-refractivity contribution is 7.90. The molecule has 0 N–H and O–H groups in total. The van der Waals surface area contributed by atoms with Gasteiger partial charge in [0.15, 0.2) is 16.4 Å². The number of nitrogens with zero attached hydrogens (tertiary/aromatic N) is 2. The van der Waals surface area contributed by atoms with E-state index in [0.29, 0.717) is 12.0 Å². The van der Waals surface area contributed by atoms with E-state index in [1.165, 1.54) is 28.5 Å². The van der Waals surface area contributed by atoms with E-state index in [-0.39, 0.29) is 16.5 Å². The smallest absolute Gasteiger partial charge is 0.338 e. The Bertz CT molecular complexity index is 1280. The predicted octanol–water partition coefficient (Wildman–Crippen LogP) is 4.06.